The van der Waals surface area contributed by atoms with Crippen LogP contribution in [0, 0.1) is 0 Å². The molecule has 13 rings (SSSR count). The van der Waals surface area contributed by atoms with Gasteiger partial charge in [0.2, 0.25) is 0 Å². The van der Waals surface area contributed by atoms with Crippen LogP contribution in [0.25, 0.3) is 43.2 Å². The number of alkyl halides is 1. The Labute approximate surface area is 510 Å². The molecule has 1 aromatic carbocycles. The van der Waals surface area contributed by atoms with E-state index in [0.29, 0.717) is 111 Å². The van der Waals surface area contributed by atoms with E-state index in [1.165, 1.54) is 22.5 Å². The topological polar surface area (TPSA) is 244 Å². The van der Waals surface area contributed by atoms with Gasteiger partial charge in [0.25, 0.3) is 5.56 Å². The van der Waals surface area contributed by atoms with Crippen molar-refractivity contribution in [3.05, 3.63) is 155 Å². The number of benzene rings is 1. The molecule has 26 heteroatoms. The second kappa shape index (κ2) is 26.3. The number of anilines is 2. The van der Waals surface area contributed by atoms with Crippen molar-refractivity contribution in [1.29, 1.82) is 0 Å². The maximum absolute atomic E-state index is 12.6. The van der Waals surface area contributed by atoms with Crippen molar-refractivity contribution in [3.63, 3.8) is 0 Å². The van der Waals surface area contributed by atoms with Crippen molar-refractivity contribution in [2.45, 2.75) is 71.7 Å². The molecule has 21 nitrogen and oxygen atoms in total. The van der Waals surface area contributed by atoms with E-state index >= 15 is 0 Å². The molecule has 8 aromatic heterocycles. The summed E-state index contributed by atoms with van der Waals surface area (Å²) < 4.78 is 20.7. The predicted molar refractivity (Wildman–Crippen MR) is 330 cm³/mol. The fourth-order valence-corrected chi connectivity index (χ4v) is 14.7. The summed E-state index contributed by atoms with van der Waals surface area (Å²) in [6.45, 7) is 10.3. The first kappa shape index (κ1) is 58.5. The van der Waals surface area contributed by atoms with Gasteiger partial charge < -0.3 is 49.3 Å². The van der Waals surface area contributed by atoms with E-state index < -0.39 is 5.50 Å². The number of halogens is 2. The maximum atomic E-state index is 12.6. The summed E-state index contributed by atoms with van der Waals surface area (Å²) in [4.78, 5) is 93.0. The van der Waals surface area contributed by atoms with E-state index in [2.05, 4.69) is 40.5 Å². The minimum atomic E-state index is -0.430. The van der Waals surface area contributed by atoms with Crippen LogP contribution in [0.3, 0.4) is 0 Å². The van der Waals surface area contributed by atoms with E-state index in [4.69, 9.17) is 52.1 Å². The lowest BCUT2D eigenvalue weighted by Gasteiger charge is -2.27. The molecular formula is C59H57Cl2N13O8S3. The Kier molecular flexibility index (Phi) is 18.1. The number of carbonyl (C=O) groups is 3. The summed E-state index contributed by atoms with van der Waals surface area (Å²) in [5.74, 6) is 3.22. The van der Waals surface area contributed by atoms with E-state index in [-0.39, 0.29) is 23.8 Å². The quantitative estimate of drug-likeness (QED) is 0.0654. The first-order valence-electron chi connectivity index (χ1n) is 27.4. The second-order valence-corrected chi connectivity index (χ2v) is 23.6. The summed E-state index contributed by atoms with van der Waals surface area (Å²) >= 11 is 17.6. The van der Waals surface area contributed by atoms with Crippen LogP contribution < -0.4 is 20.9 Å². The van der Waals surface area contributed by atoms with Crippen LogP contribution in [0.1, 0.15) is 74.3 Å². The number of hydrogen-bond acceptors (Lipinski definition) is 20. The van der Waals surface area contributed by atoms with Gasteiger partial charge in [-0.15, -0.1) is 34.0 Å². The van der Waals surface area contributed by atoms with Crippen molar-refractivity contribution >= 4 is 113 Å². The summed E-state index contributed by atoms with van der Waals surface area (Å²) in [7, 11) is 1.60. The van der Waals surface area contributed by atoms with Crippen molar-refractivity contribution < 1.29 is 33.3 Å². The van der Waals surface area contributed by atoms with Crippen molar-refractivity contribution in [1.82, 2.24) is 49.6 Å². The molecule has 0 saturated carbocycles. The van der Waals surface area contributed by atoms with Crippen LogP contribution >= 0.6 is 57.2 Å². The fraction of sp³-hybridized carbons (Fsp3) is 0.305. The lowest BCUT2D eigenvalue weighted by atomic mass is 10.0. The van der Waals surface area contributed by atoms with E-state index in [0.717, 1.165) is 81.3 Å². The molecule has 0 saturated heterocycles. The molecule has 0 fully saturated rings. The van der Waals surface area contributed by atoms with E-state index in [9.17, 15) is 19.2 Å². The number of fused-ring (bicyclic) bond motifs is 9. The molecular weight excluding hydrogens is 1190 g/mol. The Morgan fingerprint density at radius 1 is 0.682 bits per heavy atom. The van der Waals surface area contributed by atoms with Crippen LogP contribution in [0.15, 0.2) is 102 Å². The monoisotopic (exact) mass is 1240 g/mol. The summed E-state index contributed by atoms with van der Waals surface area (Å²) in [5.41, 5.74) is 7.35. The molecule has 1 atom stereocenters. The van der Waals surface area contributed by atoms with E-state index in [1.807, 2.05) is 62.4 Å². The number of thiophene rings is 3. The Morgan fingerprint density at radius 3 is 1.78 bits per heavy atom. The Hall–Kier alpha value is -8.29. The lowest BCUT2D eigenvalue weighted by molar-refractivity contribution is 0.102. The van der Waals surface area contributed by atoms with Crippen LogP contribution in [0.4, 0.5) is 25.2 Å². The van der Waals surface area contributed by atoms with Crippen molar-refractivity contribution in [3.8, 4) is 28.5 Å². The van der Waals surface area contributed by atoms with Gasteiger partial charge in [0.1, 0.15) is 37.9 Å². The van der Waals surface area contributed by atoms with E-state index in [1.54, 1.807) is 94.7 Å². The third kappa shape index (κ3) is 12.7. The lowest BCUT2D eigenvalue weighted by Crippen LogP contribution is -2.36. The highest BCUT2D eigenvalue weighted by atomic mass is 35.5. The normalized spacial score (nSPS) is 14.9. The van der Waals surface area contributed by atoms with Gasteiger partial charge in [-0.25, -0.2) is 34.3 Å². The van der Waals surface area contributed by atoms with Gasteiger partial charge in [-0.1, -0.05) is 29.3 Å². The molecule has 3 N–H and O–H groups in total. The number of methoxy groups -OCH3 is 1. The van der Waals surface area contributed by atoms with Crippen LogP contribution in [-0.4, -0.2) is 120 Å². The third-order valence-corrected chi connectivity index (χ3v) is 18.2. The average molecular weight is 1240 g/mol. The number of aromatic nitrogens is 7. The zero-order chi connectivity index (χ0) is 59.1. The predicted octanol–water partition coefficient (Wildman–Crippen LogP) is 11.9. The highest BCUT2D eigenvalue weighted by Gasteiger charge is 2.34. The summed E-state index contributed by atoms with van der Waals surface area (Å²) in [5, 5.41) is 10.1. The van der Waals surface area contributed by atoms with Gasteiger partial charge in [0, 0.05) is 100 Å². The molecule has 85 heavy (non-hydrogen) atoms. The van der Waals surface area contributed by atoms with Gasteiger partial charge in [-0.05, 0) is 111 Å². The number of aromatic amines is 1. The number of nitrogens with one attached hydrogen (secondary N) is 3. The number of H-pyrrole nitrogens is 1. The Balaban J connectivity index is 0.000000136. The maximum Gasteiger partial charge on any atom is 0.410 e. The fourth-order valence-electron chi connectivity index (χ4n) is 10.2. The third-order valence-electron chi connectivity index (χ3n) is 14.3. The molecule has 4 aliphatic rings. The van der Waals surface area contributed by atoms with Crippen LogP contribution in [0.2, 0.25) is 5.02 Å². The molecule has 0 spiro atoms. The van der Waals surface area contributed by atoms with Gasteiger partial charge in [-0.3, -0.25) is 19.7 Å². The zero-order valence-electron chi connectivity index (χ0n) is 46.6. The highest BCUT2D eigenvalue weighted by Crippen LogP contribution is 2.46. The van der Waals surface area contributed by atoms with Gasteiger partial charge in [0.15, 0.2) is 11.3 Å². The van der Waals surface area contributed by atoms with Gasteiger partial charge >= 0.3 is 18.3 Å². The average Bonchev–Trinajstić information content (AvgIpc) is 2.22. The number of ether oxygens (including phenoxy) is 4. The minimum absolute atomic E-state index is 0.147. The molecule has 438 valence electrons. The van der Waals surface area contributed by atoms with Crippen molar-refractivity contribution in [2.75, 3.05) is 57.2 Å². The molecule has 3 amide bonds. The molecule has 0 bridgehead atoms. The number of rotatable bonds is 10. The Morgan fingerprint density at radius 2 is 1.22 bits per heavy atom. The minimum Gasteiger partial charge on any atom is -0.495 e. The van der Waals surface area contributed by atoms with Crippen LogP contribution in [0.5, 0.6) is 5.75 Å². The first-order chi connectivity index (χ1) is 41.4. The largest absolute Gasteiger partial charge is 0.495 e. The number of aliphatic imine (C=N–C) groups is 1. The SMILES string of the molecule is CCOC(=O)N1CCc2c(sc3c2C(Cl)N=C(c2cccnc2)N3)C1.CCOC(=O)N1CCc2c(sc3nc(-c4cccnc4)[nH]c(=O)c23)C1.CCOC(=O)N1CCc2c(sc3nc(-c4cccnc4)nc(NCc4ccc(OC)c(Cl)c4)c23)C1. The number of nitrogens with zero attached hydrogens (tertiary/aromatic N) is 10. The van der Waals surface area contributed by atoms with Gasteiger partial charge in [0.05, 0.1) is 62.4 Å². The number of pyridine rings is 3. The number of amides is 3. The molecule has 12 heterocycles. The first-order valence-corrected chi connectivity index (χ1v) is 30.7. The zero-order valence-corrected chi connectivity index (χ0v) is 50.6. The summed E-state index contributed by atoms with van der Waals surface area (Å²) in [6, 6.07) is 17.0. The Bertz CT molecular complexity index is 4020. The molecule has 1 unspecified atom stereocenters. The molecule has 9 aromatic rings. The smallest absolute Gasteiger partial charge is 0.410 e. The molecule has 0 aliphatic carbocycles. The standard InChI is InChI=1S/C25H24ClN5O3S.C17H17ClN4O2S.C17H16N4O3S/c1-3-34-25(32)31-10-8-17-20(14-31)35-24-21(17)23(29-22(30-24)16-5-4-9-27-13-16)28-12-15-6-7-19(33-2)18(26)11-15;1-2-24-17(23)22-7-5-11-12(9-22)25-16-13(11)14(18)20-15(21-16)10-4-3-6-19-8-10;1-2-24-17(23)21-7-5-11-12(9-21)25-16-13(11)15(22)19-14(20-16)10-4-3-6-18-8-10/h4-7,9,11,13H,3,8,10,12,14H2,1-2H3,(H,28,29,30);3-4,6,8,14H,2,5,7,9H2,1H3,(H,20,21);3-4,6,8H,2,5,7,9H2,1H3,(H,19,20,22). The van der Waals surface area contributed by atoms with Crippen molar-refractivity contribution in [2.24, 2.45) is 4.99 Å². The number of amidine groups is 1. The number of carbonyl (C=O) groups excluding carboxylic acids is 3. The summed E-state index contributed by atoms with van der Waals surface area (Å²) in [6.07, 6.45) is 11.6. The van der Waals surface area contributed by atoms with Crippen LogP contribution in [-0.2, 0) is 59.7 Å². The second-order valence-electron chi connectivity index (χ2n) is 19.5. The van der Waals surface area contributed by atoms with Gasteiger partial charge in [-0.2, -0.15) is 0 Å². The molecule has 4 aliphatic heterocycles. The molecule has 0 radical (unpaired) electrons. The highest BCUT2D eigenvalue weighted by molar-refractivity contribution is 7.19. The number of hydrogen-bond donors (Lipinski definition) is 3.